The molecule has 0 radical (unpaired) electrons. The van der Waals surface area contributed by atoms with Gasteiger partial charge < -0.3 is 5.73 Å². The summed E-state index contributed by atoms with van der Waals surface area (Å²) in [7, 11) is -3.64. The van der Waals surface area contributed by atoms with Crippen molar-refractivity contribution in [3.63, 3.8) is 0 Å². The smallest absolute Gasteiger partial charge is 0.253 e. The lowest BCUT2D eigenvalue weighted by Crippen LogP contribution is -2.50. The highest BCUT2D eigenvalue weighted by Gasteiger charge is 2.72. The number of amides is 1. The summed E-state index contributed by atoms with van der Waals surface area (Å²) >= 11 is 0. The number of carbonyl (C=O) groups excluding carboxylic acids is 1. The van der Waals surface area contributed by atoms with Crippen LogP contribution in [0.15, 0.2) is 0 Å². The van der Waals surface area contributed by atoms with Gasteiger partial charge in [-0.15, -0.1) is 0 Å². The number of fused-ring (bicyclic) bond motifs is 1. The Kier molecular flexibility index (Phi) is 3.20. The van der Waals surface area contributed by atoms with Crippen LogP contribution in [-0.2, 0) is 14.8 Å². The minimum atomic E-state index is -3.64. The average molecular weight is 318 g/mol. The molecule has 2 aliphatic carbocycles. The van der Waals surface area contributed by atoms with Crippen molar-refractivity contribution in [1.29, 1.82) is 0 Å². The van der Waals surface area contributed by atoms with Crippen molar-refractivity contribution in [3.05, 3.63) is 0 Å². The molecular weight excluding hydrogens is 295 g/mol. The molecule has 1 saturated heterocycles. The molecular formula is C14H23FN2O3S. The van der Waals surface area contributed by atoms with Gasteiger partial charge in [0.15, 0.2) is 0 Å². The quantitative estimate of drug-likeness (QED) is 0.843. The fourth-order valence-corrected chi connectivity index (χ4v) is 7.57. The maximum atomic E-state index is 12.6. The number of sulfonamides is 1. The van der Waals surface area contributed by atoms with E-state index < -0.39 is 28.6 Å². The molecule has 120 valence electrons. The van der Waals surface area contributed by atoms with Crippen molar-refractivity contribution in [1.82, 2.24) is 4.31 Å². The zero-order valence-electron chi connectivity index (χ0n) is 12.5. The minimum absolute atomic E-state index is 0.0300. The summed E-state index contributed by atoms with van der Waals surface area (Å²) in [6.07, 6.45) is 2.46. The van der Waals surface area contributed by atoms with Crippen LogP contribution in [0.4, 0.5) is 4.39 Å². The van der Waals surface area contributed by atoms with Crippen LogP contribution in [0.1, 0.15) is 39.5 Å². The van der Waals surface area contributed by atoms with Crippen molar-refractivity contribution in [3.8, 4) is 0 Å². The highest BCUT2D eigenvalue weighted by molar-refractivity contribution is 7.90. The molecule has 3 rings (SSSR count). The number of nitrogens with zero attached hydrogens (tertiary/aromatic N) is 1. The largest absolute Gasteiger partial charge is 0.320 e. The van der Waals surface area contributed by atoms with Crippen molar-refractivity contribution >= 4 is 15.9 Å². The summed E-state index contributed by atoms with van der Waals surface area (Å²) in [6.45, 7) is 3.52. The van der Waals surface area contributed by atoms with E-state index >= 15 is 0 Å². The number of nitrogens with two attached hydrogens (primary N) is 1. The van der Waals surface area contributed by atoms with Crippen LogP contribution in [-0.4, -0.2) is 43.1 Å². The molecule has 2 N–H and O–H groups in total. The molecule has 1 spiro atoms. The molecule has 21 heavy (non-hydrogen) atoms. The fraction of sp³-hybridized carbons (Fsp3) is 0.929. The van der Waals surface area contributed by atoms with E-state index in [0.29, 0.717) is 5.92 Å². The number of halogens is 1. The Morgan fingerprint density at radius 2 is 2.14 bits per heavy atom. The van der Waals surface area contributed by atoms with E-state index in [4.69, 9.17) is 5.73 Å². The maximum absolute atomic E-state index is 12.6. The summed E-state index contributed by atoms with van der Waals surface area (Å²) in [5, 5.41) is 0. The van der Waals surface area contributed by atoms with E-state index in [2.05, 4.69) is 13.8 Å². The summed E-state index contributed by atoms with van der Waals surface area (Å²) < 4.78 is 38.5. The zero-order chi connectivity index (χ0) is 15.6. The lowest BCUT2D eigenvalue weighted by molar-refractivity contribution is -0.130. The first kappa shape index (κ1) is 15.2. The lowest BCUT2D eigenvalue weighted by atomic mass is 9.69. The fourth-order valence-electron chi connectivity index (χ4n) is 4.98. The van der Waals surface area contributed by atoms with Crippen molar-refractivity contribution in [2.75, 3.05) is 12.4 Å². The van der Waals surface area contributed by atoms with E-state index in [1.807, 2.05) is 0 Å². The van der Waals surface area contributed by atoms with Crippen molar-refractivity contribution < 1.29 is 17.6 Å². The molecule has 1 amide bonds. The van der Waals surface area contributed by atoms with Gasteiger partial charge in [-0.05, 0) is 37.0 Å². The number of hydrogen-bond donors (Lipinski definition) is 1. The minimum Gasteiger partial charge on any atom is -0.320 e. The third kappa shape index (κ3) is 1.76. The Bertz CT molecular complexity index is 577. The summed E-state index contributed by atoms with van der Waals surface area (Å²) in [5.74, 6) is -0.147. The van der Waals surface area contributed by atoms with Gasteiger partial charge in [0.25, 0.3) is 5.91 Å². The standard InChI is InChI=1S/C14H23FN2O3S/c1-13(2)9-3-5-14(13)8-21(19,20)17(11(14)7-9)12(18)10(16)4-6-15/h9-11H,3-8,16H2,1-2H3/t9?,10-,11?,14?/m1/s1. The first-order valence-corrected chi connectivity index (χ1v) is 9.16. The summed E-state index contributed by atoms with van der Waals surface area (Å²) in [5.41, 5.74) is 5.25. The zero-order valence-corrected chi connectivity index (χ0v) is 13.3. The number of alkyl halides is 1. The number of carbonyl (C=O) groups is 1. The SMILES string of the molecule is CC1(C)C2CCC13CS(=O)(=O)N(C(=O)[C@H](N)CCF)C3C2. The molecule has 4 atom stereocenters. The topological polar surface area (TPSA) is 80.5 Å². The molecule has 3 aliphatic rings. The van der Waals surface area contributed by atoms with Gasteiger partial charge in [-0.1, -0.05) is 13.8 Å². The summed E-state index contributed by atoms with van der Waals surface area (Å²) in [6, 6.07) is -1.35. The molecule has 2 bridgehead atoms. The predicted molar refractivity (Wildman–Crippen MR) is 76.5 cm³/mol. The second-order valence-corrected chi connectivity index (χ2v) is 9.19. The van der Waals surface area contributed by atoms with E-state index in [-0.39, 0.29) is 29.0 Å². The third-order valence-corrected chi connectivity index (χ3v) is 8.28. The third-order valence-electron chi connectivity index (χ3n) is 6.37. The van der Waals surface area contributed by atoms with Gasteiger partial charge in [-0.2, -0.15) is 0 Å². The highest BCUT2D eigenvalue weighted by atomic mass is 32.2. The summed E-state index contributed by atoms with van der Waals surface area (Å²) in [4.78, 5) is 12.4. The van der Waals surface area contributed by atoms with Crippen LogP contribution < -0.4 is 5.73 Å². The Morgan fingerprint density at radius 3 is 2.71 bits per heavy atom. The normalized spacial score (nSPS) is 40.3. The van der Waals surface area contributed by atoms with E-state index in [1.165, 1.54) is 0 Å². The van der Waals surface area contributed by atoms with Crippen molar-refractivity contribution in [2.45, 2.75) is 51.6 Å². The average Bonchev–Trinajstić information content (AvgIpc) is 2.85. The Hall–Kier alpha value is -0.690. The molecule has 5 nitrogen and oxygen atoms in total. The maximum Gasteiger partial charge on any atom is 0.253 e. The molecule has 0 aromatic carbocycles. The van der Waals surface area contributed by atoms with Gasteiger partial charge in [0, 0.05) is 5.41 Å². The highest BCUT2D eigenvalue weighted by Crippen LogP contribution is 2.69. The van der Waals surface area contributed by atoms with Crippen LogP contribution in [0.25, 0.3) is 0 Å². The first-order valence-electron chi connectivity index (χ1n) is 7.55. The molecule has 1 heterocycles. The van der Waals surface area contributed by atoms with E-state index in [1.54, 1.807) is 0 Å². The Balaban J connectivity index is 1.99. The lowest BCUT2D eigenvalue weighted by Gasteiger charge is -2.37. The predicted octanol–water partition coefficient (Wildman–Crippen LogP) is 1.04. The molecule has 0 aromatic heterocycles. The second kappa shape index (κ2) is 4.41. The van der Waals surface area contributed by atoms with E-state index in [0.717, 1.165) is 23.6 Å². The van der Waals surface area contributed by atoms with Crippen LogP contribution in [0.3, 0.4) is 0 Å². The Morgan fingerprint density at radius 1 is 1.48 bits per heavy atom. The molecule has 7 heteroatoms. The monoisotopic (exact) mass is 318 g/mol. The van der Waals surface area contributed by atoms with Crippen LogP contribution in [0.5, 0.6) is 0 Å². The van der Waals surface area contributed by atoms with Gasteiger partial charge in [0.2, 0.25) is 10.0 Å². The van der Waals surface area contributed by atoms with Gasteiger partial charge in [0.1, 0.15) is 0 Å². The van der Waals surface area contributed by atoms with Gasteiger partial charge in [-0.25, -0.2) is 12.7 Å². The molecule has 0 aromatic rings. The van der Waals surface area contributed by atoms with Crippen molar-refractivity contribution in [2.24, 2.45) is 22.5 Å². The Labute approximate surface area is 125 Å². The van der Waals surface area contributed by atoms with Crippen LogP contribution in [0.2, 0.25) is 0 Å². The second-order valence-electron chi connectivity index (χ2n) is 7.34. The number of rotatable bonds is 3. The number of hydrogen-bond acceptors (Lipinski definition) is 4. The molecule has 3 unspecified atom stereocenters. The van der Waals surface area contributed by atoms with Crippen LogP contribution >= 0.6 is 0 Å². The van der Waals surface area contributed by atoms with Gasteiger partial charge in [0.05, 0.1) is 24.5 Å². The first-order chi connectivity index (χ1) is 9.67. The van der Waals surface area contributed by atoms with E-state index in [9.17, 15) is 17.6 Å². The van der Waals surface area contributed by atoms with Crippen LogP contribution in [0, 0.1) is 16.7 Å². The molecule has 1 aliphatic heterocycles. The van der Waals surface area contributed by atoms with Gasteiger partial charge in [-0.3, -0.25) is 9.18 Å². The molecule has 3 fully saturated rings. The van der Waals surface area contributed by atoms with Gasteiger partial charge >= 0.3 is 0 Å². The molecule has 2 saturated carbocycles.